The van der Waals surface area contributed by atoms with E-state index in [1.807, 2.05) is 19.1 Å². The summed E-state index contributed by atoms with van der Waals surface area (Å²) in [4.78, 5) is 16.8. The summed E-state index contributed by atoms with van der Waals surface area (Å²) >= 11 is 1.17. The number of benzene rings is 2. The number of nitrogens with one attached hydrogen (secondary N) is 1. The minimum atomic E-state index is -0.955. The number of rotatable bonds is 5. The van der Waals surface area contributed by atoms with E-state index in [1.165, 1.54) is 17.4 Å². The van der Waals surface area contributed by atoms with Crippen molar-refractivity contribution in [2.75, 3.05) is 11.9 Å². The molecule has 4 aromatic rings. The second-order valence-electron chi connectivity index (χ2n) is 5.84. The second kappa shape index (κ2) is 7.40. The summed E-state index contributed by atoms with van der Waals surface area (Å²) in [5.41, 5.74) is 1.35. The lowest BCUT2D eigenvalue weighted by Gasteiger charge is -2.02. The van der Waals surface area contributed by atoms with Gasteiger partial charge < -0.3 is 9.15 Å². The smallest absolute Gasteiger partial charge is 0.293 e. The Hall–Kier alpha value is -3.26. The van der Waals surface area contributed by atoms with Crippen LogP contribution in [0.2, 0.25) is 0 Å². The largest absolute Gasteiger partial charge is 0.490 e. The number of thiazole rings is 1. The molecule has 0 aliphatic rings. The first kappa shape index (κ1) is 18.1. The first-order chi connectivity index (χ1) is 13.5. The highest BCUT2D eigenvalue weighted by Crippen LogP contribution is 2.30. The van der Waals surface area contributed by atoms with Crippen molar-refractivity contribution >= 4 is 33.3 Å². The van der Waals surface area contributed by atoms with Gasteiger partial charge in [-0.25, -0.2) is 13.8 Å². The number of fused-ring (bicyclic) bond motifs is 1. The van der Waals surface area contributed by atoms with Crippen LogP contribution >= 0.6 is 11.3 Å². The Balaban J connectivity index is 1.56. The Morgan fingerprint density at radius 3 is 2.86 bits per heavy atom. The van der Waals surface area contributed by atoms with Gasteiger partial charge in [0.2, 0.25) is 0 Å². The molecule has 0 saturated heterocycles. The lowest BCUT2D eigenvalue weighted by molar-refractivity contribution is 0.0998. The summed E-state index contributed by atoms with van der Waals surface area (Å²) in [5, 5.41) is 5.36. The highest BCUT2D eigenvalue weighted by Gasteiger charge is 2.17. The fraction of sp³-hybridized carbons (Fsp3) is 0.100. The number of amides is 1. The van der Waals surface area contributed by atoms with E-state index in [2.05, 4.69) is 10.3 Å². The van der Waals surface area contributed by atoms with Crippen LogP contribution in [0, 0.1) is 11.6 Å². The molecule has 0 atom stereocenters. The van der Waals surface area contributed by atoms with Gasteiger partial charge in [0.15, 0.2) is 33.9 Å². The number of nitrogens with zero attached hydrogens (tertiary/aromatic N) is 1. The number of hydrogen-bond donors (Lipinski definition) is 1. The van der Waals surface area contributed by atoms with E-state index in [4.69, 9.17) is 9.15 Å². The SMILES string of the molecule is CCOc1cccc2cc(C(=O)Nc3nc(-c4ccc(F)c(F)c4)cs3)oc12. The zero-order chi connectivity index (χ0) is 19.7. The number of hydrogen-bond acceptors (Lipinski definition) is 5. The lowest BCUT2D eigenvalue weighted by atomic mass is 10.2. The van der Waals surface area contributed by atoms with E-state index in [9.17, 15) is 13.6 Å². The molecule has 2 aromatic carbocycles. The maximum atomic E-state index is 13.4. The summed E-state index contributed by atoms with van der Waals surface area (Å²) in [6.07, 6.45) is 0. The van der Waals surface area contributed by atoms with E-state index in [0.29, 0.717) is 34.3 Å². The molecule has 0 saturated carbocycles. The third-order valence-electron chi connectivity index (χ3n) is 3.97. The van der Waals surface area contributed by atoms with Crippen LogP contribution in [-0.4, -0.2) is 17.5 Å². The fourth-order valence-electron chi connectivity index (χ4n) is 2.70. The Kier molecular flexibility index (Phi) is 4.79. The van der Waals surface area contributed by atoms with Gasteiger partial charge in [0.25, 0.3) is 5.91 Å². The predicted octanol–water partition coefficient (Wildman–Crippen LogP) is 5.49. The standard InChI is InChI=1S/C20H14F2N2O3S/c1-2-26-16-5-3-4-12-9-17(27-18(12)16)19(25)24-20-23-15(10-28-20)11-6-7-13(21)14(22)8-11/h3-10H,2H2,1H3,(H,23,24,25). The normalized spacial score (nSPS) is 11.0. The number of aromatic nitrogens is 1. The van der Waals surface area contributed by atoms with Crippen LogP contribution in [0.25, 0.3) is 22.2 Å². The Morgan fingerprint density at radius 1 is 1.21 bits per heavy atom. The number of anilines is 1. The van der Waals surface area contributed by atoms with Crippen LogP contribution in [0.4, 0.5) is 13.9 Å². The molecule has 0 unspecified atom stereocenters. The van der Waals surface area contributed by atoms with Gasteiger partial charge in [-0.1, -0.05) is 12.1 Å². The van der Waals surface area contributed by atoms with Crippen LogP contribution in [0.15, 0.2) is 52.3 Å². The number of ether oxygens (including phenoxy) is 1. The molecule has 142 valence electrons. The maximum absolute atomic E-state index is 13.4. The topological polar surface area (TPSA) is 64.4 Å². The molecule has 1 N–H and O–H groups in total. The summed E-state index contributed by atoms with van der Waals surface area (Å²) in [5.74, 6) is -1.67. The summed E-state index contributed by atoms with van der Waals surface area (Å²) in [6.45, 7) is 2.34. The molecule has 5 nitrogen and oxygen atoms in total. The number of furan rings is 1. The predicted molar refractivity (Wildman–Crippen MR) is 103 cm³/mol. The number of carbonyl (C=O) groups excluding carboxylic acids is 1. The van der Waals surface area contributed by atoms with Gasteiger partial charge in [-0.15, -0.1) is 11.3 Å². The van der Waals surface area contributed by atoms with Crippen molar-refractivity contribution in [1.29, 1.82) is 0 Å². The first-order valence-electron chi connectivity index (χ1n) is 8.43. The number of halogens is 2. The molecule has 4 rings (SSSR count). The van der Waals surface area contributed by atoms with Crippen molar-refractivity contribution in [3.63, 3.8) is 0 Å². The molecule has 0 radical (unpaired) electrons. The van der Waals surface area contributed by atoms with Crippen molar-refractivity contribution < 1.29 is 22.7 Å². The Morgan fingerprint density at radius 2 is 2.07 bits per heavy atom. The van der Waals surface area contributed by atoms with E-state index >= 15 is 0 Å². The van der Waals surface area contributed by atoms with Crippen LogP contribution < -0.4 is 10.1 Å². The zero-order valence-electron chi connectivity index (χ0n) is 14.7. The minimum Gasteiger partial charge on any atom is -0.490 e. The van der Waals surface area contributed by atoms with Crippen molar-refractivity contribution in [1.82, 2.24) is 4.98 Å². The average molecular weight is 400 g/mol. The first-order valence-corrected chi connectivity index (χ1v) is 9.31. The molecule has 28 heavy (non-hydrogen) atoms. The van der Waals surface area contributed by atoms with Crippen molar-refractivity contribution in [2.45, 2.75) is 6.92 Å². The highest BCUT2D eigenvalue weighted by molar-refractivity contribution is 7.14. The third kappa shape index (κ3) is 3.46. The number of carbonyl (C=O) groups is 1. The molecular formula is C20H14F2N2O3S. The van der Waals surface area contributed by atoms with Crippen LogP contribution in [0.1, 0.15) is 17.5 Å². The Bertz CT molecular complexity index is 1170. The third-order valence-corrected chi connectivity index (χ3v) is 4.73. The zero-order valence-corrected chi connectivity index (χ0v) is 15.5. The quantitative estimate of drug-likeness (QED) is 0.481. The van der Waals surface area contributed by atoms with Crippen LogP contribution in [0.3, 0.4) is 0 Å². The Labute approximate surface area is 162 Å². The van der Waals surface area contributed by atoms with Gasteiger partial charge >= 0.3 is 0 Å². The van der Waals surface area contributed by atoms with Crippen molar-refractivity contribution in [3.8, 4) is 17.0 Å². The molecule has 0 aliphatic heterocycles. The molecule has 0 fully saturated rings. The minimum absolute atomic E-state index is 0.117. The molecule has 0 spiro atoms. The van der Waals surface area contributed by atoms with Gasteiger partial charge in [0, 0.05) is 16.3 Å². The lowest BCUT2D eigenvalue weighted by Crippen LogP contribution is -2.10. The van der Waals surface area contributed by atoms with Crippen molar-refractivity contribution in [2.24, 2.45) is 0 Å². The van der Waals surface area contributed by atoms with Crippen molar-refractivity contribution in [3.05, 3.63) is 65.2 Å². The highest BCUT2D eigenvalue weighted by atomic mass is 32.1. The van der Waals surface area contributed by atoms with E-state index in [0.717, 1.165) is 17.5 Å². The van der Waals surface area contributed by atoms with E-state index in [1.54, 1.807) is 17.5 Å². The summed E-state index contributed by atoms with van der Waals surface area (Å²) in [7, 11) is 0. The van der Waals surface area contributed by atoms with Crippen LogP contribution in [0.5, 0.6) is 5.75 Å². The monoisotopic (exact) mass is 400 g/mol. The fourth-order valence-corrected chi connectivity index (χ4v) is 3.41. The van der Waals surface area contributed by atoms with E-state index in [-0.39, 0.29) is 5.76 Å². The van der Waals surface area contributed by atoms with Gasteiger partial charge in [0.05, 0.1) is 12.3 Å². The molecule has 0 bridgehead atoms. The molecule has 1 amide bonds. The summed E-state index contributed by atoms with van der Waals surface area (Å²) in [6, 6.07) is 10.6. The summed E-state index contributed by atoms with van der Waals surface area (Å²) < 4.78 is 37.6. The van der Waals surface area contributed by atoms with E-state index < -0.39 is 17.5 Å². The molecule has 0 aliphatic carbocycles. The van der Waals surface area contributed by atoms with Gasteiger partial charge in [-0.2, -0.15) is 0 Å². The molecule has 8 heteroatoms. The average Bonchev–Trinajstić information content (AvgIpc) is 3.32. The second-order valence-corrected chi connectivity index (χ2v) is 6.70. The van der Waals surface area contributed by atoms with Gasteiger partial charge in [-0.05, 0) is 37.3 Å². The molecule has 2 heterocycles. The van der Waals surface area contributed by atoms with Crippen LogP contribution in [-0.2, 0) is 0 Å². The maximum Gasteiger partial charge on any atom is 0.293 e. The molecular weight excluding hydrogens is 386 g/mol. The van der Waals surface area contributed by atoms with Gasteiger partial charge in [0.1, 0.15) is 0 Å². The number of para-hydroxylation sites is 1. The van der Waals surface area contributed by atoms with Gasteiger partial charge in [-0.3, -0.25) is 10.1 Å². The molecule has 2 aromatic heterocycles.